The lowest BCUT2D eigenvalue weighted by molar-refractivity contribution is -0.149. The van der Waals surface area contributed by atoms with Crippen molar-refractivity contribution in [3.05, 3.63) is 28.1 Å². The van der Waals surface area contributed by atoms with Crippen molar-refractivity contribution in [1.29, 1.82) is 0 Å². The number of hydrogen-bond donors (Lipinski definition) is 0. The monoisotopic (exact) mass is 364 g/mol. The Balaban J connectivity index is 1.75. The highest BCUT2D eigenvalue weighted by Gasteiger charge is 2.31. The van der Waals surface area contributed by atoms with Crippen LogP contribution in [0.15, 0.2) is 17.5 Å². The predicted molar refractivity (Wildman–Crippen MR) is 95.4 cm³/mol. The molecule has 0 saturated carbocycles. The van der Waals surface area contributed by atoms with E-state index in [1.807, 2.05) is 24.4 Å². The first-order chi connectivity index (χ1) is 11.6. The van der Waals surface area contributed by atoms with Crippen molar-refractivity contribution in [3.8, 4) is 9.88 Å². The van der Waals surface area contributed by atoms with Crippen LogP contribution in [0.25, 0.3) is 9.88 Å². The molecule has 0 bridgehead atoms. The molecule has 3 rings (SSSR count). The number of carbonyl (C=O) groups is 2. The molecule has 0 radical (unpaired) electrons. The normalized spacial score (nSPS) is 17.8. The Kier molecular flexibility index (Phi) is 5.30. The molecule has 0 spiro atoms. The standard InChI is InChI=1S/C17H20N2O3S2/c1-3-22-17(21)12-6-4-8-19(10-12)16(20)14-11(2)18-15(24-14)13-7-5-9-23-13/h5,7,9,12H,3-4,6,8,10H2,1-2H3/t12-/m1/s1. The van der Waals surface area contributed by atoms with Gasteiger partial charge >= 0.3 is 5.97 Å². The second-order valence-corrected chi connectivity index (χ2v) is 7.70. The maximum atomic E-state index is 12.9. The quantitative estimate of drug-likeness (QED) is 0.778. The summed E-state index contributed by atoms with van der Waals surface area (Å²) in [6.45, 7) is 5.16. The summed E-state index contributed by atoms with van der Waals surface area (Å²) in [6, 6.07) is 3.99. The Bertz CT molecular complexity index is 724. The lowest BCUT2D eigenvalue weighted by Crippen LogP contribution is -2.42. The van der Waals surface area contributed by atoms with Gasteiger partial charge in [-0.15, -0.1) is 22.7 Å². The van der Waals surface area contributed by atoms with Crippen LogP contribution in [-0.4, -0.2) is 41.5 Å². The highest BCUT2D eigenvalue weighted by Crippen LogP contribution is 2.32. The van der Waals surface area contributed by atoms with E-state index in [2.05, 4.69) is 4.98 Å². The number of thiophene rings is 1. The summed E-state index contributed by atoms with van der Waals surface area (Å²) in [6.07, 6.45) is 1.61. The molecule has 1 atom stereocenters. The highest BCUT2D eigenvalue weighted by atomic mass is 32.1. The molecule has 3 heterocycles. The van der Waals surface area contributed by atoms with Gasteiger partial charge in [0, 0.05) is 13.1 Å². The van der Waals surface area contributed by atoms with E-state index in [1.54, 1.807) is 23.2 Å². The van der Waals surface area contributed by atoms with Gasteiger partial charge in [-0.3, -0.25) is 9.59 Å². The number of aryl methyl sites for hydroxylation is 1. The molecule has 1 fully saturated rings. The molecule has 1 aliphatic heterocycles. The number of ether oxygens (including phenoxy) is 1. The second-order valence-electron chi connectivity index (χ2n) is 5.75. The third kappa shape index (κ3) is 3.52. The number of esters is 1. The summed E-state index contributed by atoms with van der Waals surface area (Å²) in [5, 5.41) is 2.88. The van der Waals surface area contributed by atoms with Crippen LogP contribution in [-0.2, 0) is 9.53 Å². The number of rotatable bonds is 4. The molecule has 0 aliphatic carbocycles. The number of piperidine rings is 1. The zero-order chi connectivity index (χ0) is 17.1. The molecule has 1 aliphatic rings. The average molecular weight is 364 g/mol. The zero-order valence-electron chi connectivity index (χ0n) is 13.8. The van der Waals surface area contributed by atoms with Crippen LogP contribution in [0, 0.1) is 12.8 Å². The topological polar surface area (TPSA) is 59.5 Å². The number of hydrogen-bond acceptors (Lipinski definition) is 6. The number of carbonyl (C=O) groups excluding carboxylic acids is 2. The maximum absolute atomic E-state index is 12.9. The molecular weight excluding hydrogens is 344 g/mol. The van der Waals surface area contributed by atoms with Gasteiger partial charge in [-0.1, -0.05) is 6.07 Å². The molecule has 24 heavy (non-hydrogen) atoms. The van der Waals surface area contributed by atoms with Gasteiger partial charge in [-0.2, -0.15) is 0 Å². The fraction of sp³-hybridized carbons (Fsp3) is 0.471. The largest absolute Gasteiger partial charge is 0.466 e. The number of thiazole rings is 1. The summed E-state index contributed by atoms with van der Waals surface area (Å²) in [4.78, 5) is 32.9. The first-order valence-electron chi connectivity index (χ1n) is 8.07. The van der Waals surface area contributed by atoms with Gasteiger partial charge in [0.25, 0.3) is 5.91 Å². The zero-order valence-corrected chi connectivity index (χ0v) is 15.4. The SMILES string of the molecule is CCOC(=O)[C@@H]1CCCN(C(=O)c2sc(-c3cccs3)nc2C)C1. The first kappa shape index (κ1) is 17.1. The fourth-order valence-electron chi connectivity index (χ4n) is 2.86. The van der Waals surface area contributed by atoms with Gasteiger partial charge in [-0.05, 0) is 38.1 Å². The first-order valence-corrected chi connectivity index (χ1v) is 9.77. The van der Waals surface area contributed by atoms with Crippen LogP contribution in [0.2, 0.25) is 0 Å². The van der Waals surface area contributed by atoms with Gasteiger partial charge in [0.15, 0.2) is 0 Å². The molecule has 128 valence electrons. The molecule has 2 aromatic heterocycles. The molecule has 1 saturated heterocycles. The van der Waals surface area contributed by atoms with Gasteiger partial charge in [0.1, 0.15) is 9.88 Å². The summed E-state index contributed by atoms with van der Waals surface area (Å²) in [5.41, 5.74) is 0.756. The highest BCUT2D eigenvalue weighted by molar-refractivity contribution is 7.22. The lowest BCUT2D eigenvalue weighted by Gasteiger charge is -2.31. The Morgan fingerprint density at radius 2 is 2.29 bits per heavy atom. The Morgan fingerprint density at radius 1 is 1.46 bits per heavy atom. The van der Waals surface area contributed by atoms with Crippen molar-refractivity contribution < 1.29 is 14.3 Å². The smallest absolute Gasteiger partial charge is 0.310 e. The Labute approximate surface area is 149 Å². The van der Waals surface area contributed by atoms with Crippen molar-refractivity contribution in [2.45, 2.75) is 26.7 Å². The summed E-state index contributed by atoms with van der Waals surface area (Å²) >= 11 is 3.05. The number of amides is 1. The molecule has 2 aromatic rings. The van der Waals surface area contributed by atoms with E-state index in [4.69, 9.17) is 4.74 Å². The van der Waals surface area contributed by atoms with Gasteiger partial charge in [0.05, 0.1) is 23.1 Å². The molecule has 0 aromatic carbocycles. The Hall–Kier alpha value is -1.73. The van der Waals surface area contributed by atoms with Crippen molar-refractivity contribution >= 4 is 34.6 Å². The van der Waals surface area contributed by atoms with Crippen LogP contribution >= 0.6 is 22.7 Å². The third-order valence-electron chi connectivity index (χ3n) is 4.05. The minimum Gasteiger partial charge on any atom is -0.466 e. The van der Waals surface area contributed by atoms with Crippen molar-refractivity contribution in [2.24, 2.45) is 5.92 Å². The van der Waals surface area contributed by atoms with Crippen LogP contribution in [0.5, 0.6) is 0 Å². The van der Waals surface area contributed by atoms with E-state index in [1.165, 1.54) is 11.3 Å². The molecule has 7 heteroatoms. The molecule has 0 N–H and O–H groups in total. The van der Waals surface area contributed by atoms with E-state index < -0.39 is 0 Å². The van der Waals surface area contributed by atoms with E-state index in [-0.39, 0.29) is 17.8 Å². The van der Waals surface area contributed by atoms with Crippen LogP contribution in [0.1, 0.15) is 35.1 Å². The van der Waals surface area contributed by atoms with E-state index in [9.17, 15) is 9.59 Å². The van der Waals surface area contributed by atoms with Gasteiger partial charge in [-0.25, -0.2) is 4.98 Å². The predicted octanol–water partition coefficient (Wildman–Crippen LogP) is 3.60. The van der Waals surface area contributed by atoms with Crippen LogP contribution in [0.3, 0.4) is 0 Å². The van der Waals surface area contributed by atoms with Crippen LogP contribution < -0.4 is 0 Å². The Morgan fingerprint density at radius 3 is 3.00 bits per heavy atom. The molecule has 5 nitrogen and oxygen atoms in total. The van der Waals surface area contributed by atoms with Crippen molar-refractivity contribution in [2.75, 3.05) is 19.7 Å². The fourth-order valence-corrected chi connectivity index (χ4v) is 4.69. The number of aromatic nitrogens is 1. The number of likely N-dealkylation sites (tertiary alicyclic amines) is 1. The third-order valence-corrected chi connectivity index (χ3v) is 6.24. The minimum absolute atomic E-state index is 0.0261. The lowest BCUT2D eigenvalue weighted by atomic mass is 9.98. The average Bonchev–Trinajstić information content (AvgIpc) is 3.24. The summed E-state index contributed by atoms with van der Waals surface area (Å²) in [5.74, 6) is -0.440. The van der Waals surface area contributed by atoms with Crippen LogP contribution in [0.4, 0.5) is 0 Å². The summed E-state index contributed by atoms with van der Waals surface area (Å²) < 4.78 is 5.11. The van der Waals surface area contributed by atoms with E-state index in [0.717, 1.165) is 28.4 Å². The minimum atomic E-state index is -0.215. The van der Waals surface area contributed by atoms with E-state index >= 15 is 0 Å². The number of nitrogens with zero attached hydrogens (tertiary/aromatic N) is 2. The molecular formula is C17H20N2O3S2. The van der Waals surface area contributed by atoms with Crippen molar-refractivity contribution in [3.63, 3.8) is 0 Å². The molecule has 0 unspecified atom stereocenters. The van der Waals surface area contributed by atoms with Crippen molar-refractivity contribution in [1.82, 2.24) is 9.88 Å². The van der Waals surface area contributed by atoms with E-state index in [0.29, 0.717) is 24.6 Å². The van der Waals surface area contributed by atoms with Gasteiger partial charge < -0.3 is 9.64 Å². The molecule has 1 amide bonds. The second kappa shape index (κ2) is 7.44. The summed E-state index contributed by atoms with van der Waals surface area (Å²) in [7, 11) is 0. The van der Waals surface area contributed by atoms with Gasteiger partial charge in [0.2, 0.25) is 0 Å². The maximum Gasteiger partial charge on any atom is 0.310 e.